The number of benzene rings is 2. The molecule has 2 aromatic carbocycles. The van der Waals surface area contributed by atoms with E-state index in [1.54, 1.807) is 13.0 Å². The summed E-state index contributed by atoms with van der Waals surface area (Å²) in [5.74, 6) is -0.395. The van der Waals surface area contributed by atoms with Gasteiger partial charge in [-0.05, 0) is 55.3 Å². The summed E-state index contributed by atoms with van der Waals surface area (Å²) in [5.41, 5.74) is 8.18. The predicted octanol–water partition coefficient (Wildman–Crippen LogP) is 3.23. The Labute approximate surface area is 144 Å². The molecule has 0 spiro atoms. The normalized spacial score (nSPS) is 11.1. The quantitative estimate of drug-likeness (QED) is 0.777. The summed E-state index contributed by atoms with van der Waals surface area (Å²) in [6, 6.07) is 10.1. The van der Waals surface area contributed by atoms with Gasteiger partial charge >= 0.3 is 0 Å². The molecule has 7 heteroatoms. The first-order chi connectivity index (χ1) is 10.7. The zero-order valence-electron chi connectivity index (χ0n) is 13.0. The molecule has 5 nitrogen and oxygen atoms in total. The molecule has 0 fully saturated rings. The van der Waals surface area contributed by atoms with Gasteiger partial charge in [0.15, 0.2) is 9.84 Å². The SMILES string of the molecule is Cc1cc(NNC(=O)c2cc(S(C)(=O)=O)ccc2C)ccc1Br. The van der Waals surface area contributed by atoms with Crippen LogP contribution in [0.3, 0.4) is 0 Å². The van der Waals surface area contributed by atoms with Gasteiger partial charge < -0.3 is 0 Å². The molecule has 2 rings (SSSR count). The van der Waals surface area contributed by atoms with Crippen molar-refractivity contribution in [3.8, 4) is 0 Å². The van der Waals surface area contributed by atoms with Gasteiger partial charge in [0.25, 0.3) is 5.91 Å². The van der Waals surface area contributed by atoms with Crippen molar-refractivity contribution < 1.29 is 13.2 Å². The van der Waals surface area contributed by atoms with E-state index < -0.39 is 15.7 Å². The Morgan fingerprint density at radius 1 is 1.04 bits per heavy atom. The molecule has 0 saturated heterocycles. The predicted molar refractivity (Wildman–Crippen MR) is 94.3 cm³/mol. The van der Waals surface area contributed by atoms with Crippen LogP contribution in [0.25, 0.3) is 0 Å². The van der Waals surface area contributed by atoms with E-state index in [1.165, 1.54) is 12.1 Å². The average molecular weight is 397 g/mol. The molecule has 0 atom stereocenters. The Kier molecular flexibility index (Phi) is 5.11. The lowest BCUT2D eigenvalue weighted by molar-refractivity contribution is 0.0962. The third-order valence-electron chi connectivity index (χ3n) is 3.36. The lowest BCUT2D eigenvalue weighted by atomic mass is 10.1. The number of amides is 1. The van der Waals surface area contributed by atoms with E-state index in [2.05, 4.69) is 26.8 Å². The fraction of sp³-hybridized carbons (Fsp3) is 0.188. The summed E-state index contributed by atoms with van der Waals surface area (Å²) in [6.07, 6.45) is 1.11. The van der Waals surface area contributed by atoms with Crippen molar-refractivity contribution >= 4 is 37.4 Å². The zero-order chi connectivity index (χ0) is 17.2. The van der Waals surface area contributed by atoms with Crippen molar-refractivity contribution in [3.05, 3.63) is 57.6 Å². The topological polar surface area (TPSA) is 75.3 Å². The first kappa shape index (κ1) is 17.5. The highest BCUT2D eigenvalue weighted by Gasteiger charge is 2.14. The van der Waals surface area contributed by atoms with E-state index in [4.69, 9.17) is 0 Å². The largest absolute Gasteiger partial charge is 0.298 e. The van der Waals surface area contributed by atoms with Crippen LogP contribution in [0.5, 0.6) is 0 Å². The fourth-order valence-corrected chi connectivity index (χ4v) is 2.89. The minimum atomic E-state index is -3.36. The van der Waals surface area contributed by atoms with Crippen molar-refractivity contribution in [1.29, 1.82) is 0 Å². The van der Waals surface area contributed by atoms with E-state index in [0.29, 0.717) is 11.1 Å². The highest BCUT2D eigenvalue weighted by atomic mass is 79.9. The molecule has 0 radical (unpaired) electrons. The Balaban J connectivity index is 2.19. The molecule has 0 bridgehead atoms. The number of anilines is 1. The van der Waals surface area contributed by atoms with Gasteiger partial charge in [-0.2, -0.15) is 0 Å². The Morgan fingerprint density at radius 3 is 2.35 bits per heavy atom. The second-order valence-corrected chi connectivity index (χ2v) is 8.16. The Morgan fingerprint density at radius 2 is 1.74 bits per heavy atom. The number of hydrazine groups is 1. The molecule has 0 aliphatic heterocycles. The molecule has 0 heterocycles. The summed E-state index contributed by atoms with van der Waals surface area (Å²) in [7, 11) is -3.36. The molecule has 2 N–H and O–H groups in total. The maximum atomic E-state index is 12.3. The molecule has 1 amide bonds. The molecule has 23 heavy (non-hydrogen) atoms. The van der Waals surface area contributed by atoms with Crippen LogP contribution in [0.1, 0.15) is 21.5 Å². The number of carbonyl (C=O) groups excluding carboxylic acids is 1. The molecule has 0 unspecified atom stereocenters. The number of aryl methyl sites for hydroxylation is 2. The summed E-state index contributed by atoms with van der Waals surface area (Å²) < 4.78 is 24.2. The minimum Gasteiger partial charge on any atom is -0.298 e. The van der Waals surface area contributed by atoms with Crippen molar-refractivity contribution in [2.75, 3.05) is 11.7 Å². The number of hydrogen-bond donors (Lipinski definition) is 2. The smallest absolute Gasteiger partial charge is 0.269 e. The van der Waals surface area contributed by atoms with Crippen molar-refractivity contribution in [1.82, 2.24) is 5.43 Å². The van der Waals surface area contributed by atoms with Crippen molar-refractivity contribution in [2.24, 2.45) is 0 Å². The molecular formula is C16H17BrN2O3S. The average Bonchev–Trinajstić information content (AvgIpc) is 2.47. The first-order valence-electron chi connectivity index (χ1n) is 6.81. The third-order valence-corrected chi connectivity index (χ3v) is 5.36. The van der Waals surface area contributed by atoms with E-state index >= 15 is 0 Å². The van der Waals surface area contributed by atoms with Crippen molar-refractivity contribution in [2.45, 2.75) is 18.7 Å². The monoisotopic (exact) mass is 396 g/mol. The third kappa shape index (κ3) is 4.33. The number of rotatable bonds is 4. The summed E-state index contributed by atoms with van der Waals surface area (Å²) >= 11 is 3.41. The van der Waals surface area contributed by atoms with Gasteiger partial charge in [-0.25, -0.2) is 8.42 Å². The minimum absolute atomic E-state index is 0.118. The van der Waals surface area contributed by atoms with Gasteiger partial charge in [0, 0.05) is 16.3 Å². The number of halogens is 1. The Hall–Kier alpha value is -1.86. The Bertz CT molecular complexity index is 864. The van der Waals surface area contributed by atoms with E-state index in [0.717, 1.165) is 22.0 Å². The van der Waals surface area contributed by atoms with Gasteiger partial charge in [-0.3, -0.25) is 15.6 Å². The van der Waals surface area contributed by atoms with Gasteiger partial charge in [0.1, 0.15) is 0 Å². The van der Waals surface area contributed by atoms with Crippen LogP contribution in [0.4, 0.5) is 5.69 Å². The van der Waals surface area contributed by atoms with E-state index in [9.17, 15) is 13.2 Å². The zero-order valence-corrected chi connectivity index (χ0v) is 15.4. The highest BCUT2D eigenvalue weighted by molar-refractivity contribution is 9.10. The molecule has 0 aliphatic carbocycles. The number of nitrogens with one attached hydrogen (secondary N) is 2. The standard InChI is InChI=1S/C16H17BrN2O3S/c1-10-4-6-13(23(3,21)22)9-14(10)16(20)19-18-12-5-7-15(17)11(2)8-12/h4-9,18H,1-3H3,(H,19,20). The van der Waals surface area contributed by atoms with E-state index in [-0.39, 0.29) is 4.90 Å². The van der Waals surface area contributed by atoms with Crippen LogP contribution in [-0.2, 0) is 9.84 Å². The maximum absolute atomic E-state index is 12.3. The number of sulfone groups is 1. The number of hydrogen-bond acceptors (Lipinski definition) is 4. The molecule has 2 aromatic rings. The van der Waals surface area contributed by atoms with Gasteiger partial charge in [0.05, 0.1) is 10.6 Å². The first-order valence-corrected chi connectivity index (χ1v) is 9.50. The lowest BCUT2D eigenvalue weighted by Crippen LogP contribution is -2.30. The molecular weight excluding hydrogens is 380 g/mol. The van der Waals surface area contributed by atoms with E-state index in [1.807, 2.05) is 25.1 Å². The van der Waals surface area contributed by atoms with Crippen LogP contribution in [-0.4, -0.2) is 20.6 Å². The maximum Gasteiger partial charge on any atom is 0.269 e. The van der Waals surface area contributed by atoms with Gasteiger partial charge in [-0.15, -0.1) is 0 Å². The van der Waals surface area contributed by atoms with Gasteiger partial charge in [0.2, 0.25) is 0 Å². The molecule has 0 aromatic heterocycles. The summed E-state index contributed by atoms with van der Waals surface area (Å²) in [5, 5.41) is 0. The fourth-order valence-electron chi connectivity index (χ4n) is 2.00. The van der Waals surface area contributed by atoms with Crippen LogP contribution in [0, 0.1) is 13.8 Å². The number of carbonyl (C=O) groups is 1. The summed E-state index contributed by atoms with van der Waals surface area (Å²) in [6.45, 7) is 3.70. The van der Waals surface area contributed by atoms with Crippen molar-refractivity contribution in [3.63, 3.8) is 0 Å². The second kappa shape index (κ2) is 6.72. The highest BCUT2D eigenvalue weighted by Crippen LogP contribution is 2.20. The van der Waals surface area contributed by atoms with Crippen LogP contribution in [0.2, 0.25) is 0 Å². The van der Waals surface area contributed by atoms with Crippen LogP contribution in [0.15, 0.2) is 45.8 Å². The summed E-state index contributed by atoms with van der Waals surface area (Å²) in [4.78, 5) is 12.4. The molecule has 0 saturated carbocycles. The van der Waals surface area contributed by atoms with Gasteiger partial charge in [-0.1, -0.05) is 22.0 Å². The molecule has 0 aliphatic rings. The van der Waals surface area contributed by atoms with Crippen LogP contribution < -0.4 is 10.9 Å². The second-order valence-electron chi connectivity index (χ2n) is 5.29. The molecule has 122 valence electrons. The van der Waals surface area contributed by atoms with Crippen LogP contribution >= 0.6 is 15.9 Å². The lowest BCUT2D eigenvalue weighted by Gasteiger charge is -2.12.